The van der Waals surface area contributed by atoms with Gasteiger partial charge in [0.2, 0.25) is 0 Å². The summed E-state index contributed by atoms with van der Waals surface area (Å²) >= 11 is 0. The van der Waals surface area contributed by atoms with Gasteiger partial charge in [-0.25, -0.2) is 0 Å². The molecule has 1 unspecified atom stereocenters. The lowest BCUT2D eigenvalue weighted by molar-refractivity contribution is 0.0975. The summed E-state index contributed by atoms with van der Waals surface area (Å²) in [5.41, 5.74) is 9.17. The number of aryl methyl sites for hydroxylation is 1. The molecule has 3 aliphatic rings. The minimum atomic E-state index is 0.611. The fourth-order valence-electron chi connectivity index (χ4n) is 3.07. The van der Waals surface area contributed by atoms with E-state index in [0.29, 0.717) is 6.04 Å². The Morgan fingerprint density at radius 3 is 2.65 bits per heavy atom. The summed E-state index contributed by atoms with van der Waals surface area (Å²) in [5, 5.41) is 3.66. The quantitative estimate of drug-likeness (QED) is 0.766. The van der Waals surface area contributed by atoms with Crippen molar-refractivity contribution in [3.63, 3.8) is 0 Å². The number of nitrogens with two attached hydrogens (primary N) is 1. The van der Waals surface area contributed by atoms with E-state index in [9.17, 15) is 0 Å². The number of nitrogens with zero attached hydrogens (tertiary/aromatic N) is 1. The van der Waals surface area contributed by atoms with Crippen LogP contribution in [-0.4, -0.2) is 30.6 Å². The van der Waals surface area contributed by atoms with Gasteiger partial charge in [0.05, 0.1) is 0 Å². The van der Waals surface area contributed by atoms with Crippen LogP contribution in [0.3, 0.4) is 0 Å². The Kier molecular flexibility index (Phi) is 2.71. The molecule has 3 heteroatoms. The molecular weight excluding hydrogens is 210 g/mol. The molecule has 4 rings (SSSR count). The van der Waals surface area contributed by atoms with Gasteiger partial charge in [0.1, 0.15) is 0 Å². The number of anilines is 2. The largest absolute Gasteiger partial charge is 0.398 e. The van der Waals surface area contributed by atoms with Crippen LogP contribution in [0.5, 0.6) is 0 Å². The minimum Gasteiger partial charge on any atom is -0.398 e. The van der Waals surface area contributed by atoms with Crippen molar-refractivity contribution in [1.82, 2.24) is 4.90 Å². The van der Waals surface area contributed by atoms with Crippen LogP contribution < -0.4 is 11.1 Å². The second-order valence-electron chi connectivity index (χ2n) is 5.46. The third-order valence-corrected chi connectivity index (χ3v) is 4.29. The normalized spacial score (nSPS) is 31.5. The molecule has 1 aromatic carbocycles. The summed E-state index contributed by atoms with van der Waals surface area (Å²) in [4.78, 5) is 2.56. The Bertz CT molecular complexity index is 408. The first-order chi connectivity index (χ1) is 8.22. The summed E-state index contributed by atoms with van der Waals surface area (Å²) in [6.07, 6.45) is 2.69. The average Bonchev–Trinajstić information content (AvgIpc) is 2.35. The number of nitrogen functional groups attached to an aromatic ring is 1. The van der Waals surface area contributed by atoms with Crippen molar-refractivity contribution in [2.45, 2.75) is 25.8 Å². The first-order valence-electron chi connectivity index (χ1n) is 6.57. The number of nitrogens with one attached hydrogen (secondary N) is 1. The molecule has 1 aromatic rings. The van der Waals surface area contributed by atoms with Crippen LogP contribution in [0, 0.1) is 12.8 Å². The lowest BCUT2D eigenvalue weighted by Gasteiger charge is -2.45. The number of fused-ring (bicyclic) bond motifs is 3. The van der Waals surface area contributed by atoms with Crippen LogP contribution >= 0.6 is 0 Å². The van der Waals surface area contributed by atoms with Crippen LogP contribution in [-0.2, 0) is 0 Å². The molecule has 0 amide bonds. The highest BCUT2D eigenvalue weighted by Gasteiger charge is 2.33. The van der Waals surface area contributed by atoms with E-state index in [1.165, 1.54) is 38.2 Å². The third-order valence-electron chi connectivity index (χ3n) is 4.29. The fraction of sp³-hybridized carbons (Fsp3) is 0.571. The monoisotopic (exact) mass is 231 g/mol. The Balaban J connectivity index is 1.72. The minimum absolute atomic E-state index is 0.611. The summed E-state index contributed by atoms with van der Waals surface area (Å²) in [7, 11) is 0. The molecule has 0 radical (unpaired) electrons. The van der Waals surface area contributed by atoms with Gasteiger partial charge in [0, 0.05) is 24.0 Å². The van der Waals surface area contributed by atoms with Crippen LogP contribution in [0.2, 0.25) is 0 Å². The van der Waals surface area contributed by atoms with Gasteiger partial charge >= 0.3 is 0 Å². The average molecular weight is 231 g/mol. The van der Waals surface area contributed by atoms with E-state index in [2.05, 4.69) is 28.4 Å². The van der Waals surface area contributed by atoms with Crippen molar-refractivity contribution in [3.05, 3.63) is 23.8 Å². The van der Waals surface area contributed by atoms with Gasteiger partial charge in [-0.2, -0.15) is 0 Å². The standard InChI is InChI=1S/C14H21N3/c1-10-2-3-12(8-13(10)15)16-14-9-17-6-4-11(14)5-7-17/h2-3,8,11,14,16H,4-7,9,15H2,1H3. The van der Waals surface area contributed by atoms with Gasteiger partial charge in [0.25, 0.3) is 0 Å². The SMILES string of the molecule is Cc1ccc(NC2CN3CCC2CC3)cc1N. The summed E-state index contributed by atoms with van der Waals surface area (Å²) in [6.45, 7) is 5.82. The second kappa shape index (κ2) is 4.22. The van der Waals surface area contributed by atoms with Crippen molar-refractivity contribution in [3.8, 4) is 0 Å². The van der Waals surface area contributed by atoms with E-state index in [4.69, 9.17) is 5.73 Å². The smallest absolute Gasteiger partial charge is 0.0417 e. The summed E-state index contributed by atoms with van der Waals surface area (Å²) in [6, 6.07) is 6.91. The van der Waals surface area contributed by atoms with Crippen LogP contribution in [0.15, 0.2) is 18.2 Å². The van der Waals surface area contributed by atoms with Crippen molar-refractivity contribution in [2.24, 2.45) is 5.92 Å². The molecule has 0 aromatic heterocycles. The lowest BCUT2D eigenvalue weighted by Crippen LogP contribution is -2.53. The highest BCUT2D eigenvalue weighted by atomic mass is 15.2. The van der Waals surface area contributed by atoms with Gasteiger partial charge in [-0.1, -0.05) is 6.07 Å². The van der Waals surface area contributed by atoms with Gasteiger partial charge < -0.3 is 16.0 Å². The maximum atomic E-state index is 5.95. The number of rotatable bonds is 2. The van der Waals surface area contributed by atoms with Crippen molar-refractivity contribution in [2.75, 3.05) is 30.7 Å². The Morgan fingerprint density at radius 1 is 1.29 bits per heavy atom. The Labute approximate surface area is 103 Å². The molecule has 3 fully saturated rings. The van der Waals surface area contributed by atoms with Crippen LogP contribution in [0.4, 0.5) is 11.4 Å². The zero-order valence-electron chi connectivity index (χ0n) is 10.4. The maximum Gasteiger partial charge on any atom is 0.0417 e. The van der Waals surface area contributed by atoms with Crippen LogP contribution in [0.25, 0.3) is 0 Å². The zero-order chi connectivity index (χ0) is 11.8. The molecule has 3 N–H and O–H groups in total. The predicted molar refractivity (Wildman–Crippen MR) is 72.2 cm³/mol. The molecule has 17 heavy (non-hydrogen) atoms. The van der Waals surface area contributed by atoms with Crippen LogP contribution in [0.1, 0.15) is 18.4 Å². The number of piperidine rings is 3. The van der Waals surface area contributed by atoms with Gasteiger partial charge in [-0.3, -0.25) is 0 Å². The highest BCUT2D eigenvalue weighted by molar-refractivity contribution is 5.58. The van der Waals surface area contributed by atoms with E-state index >= 15 is 0 Å². The number of hydrogen-bond acceptors (Lipinski definition) is 3. The topological polar surface area (TPSA) is 41.3 Å². The molecule has 0 spiro atoms. The summed E-state index contributed by atoms with van der Waals surface area (Å²) in [5.74, 6) is 0.850. The fourth-order valence-corrected chi connectivity index (χ4v) is 3.07. The molecule has 3 saturated heterocycles. The van der Waals surface area contributed by atoms with E-state index in [1.807, 2.05) is 6.92 Å². The molecule has 0 saturated carbocycles. The van der Waals surface area contributed by atoms with Crippen molar-refractivity contribution in [1.29, 1.82) is 0 Å². The molecule has 1 atom stereocenters. The zero-order valence-corrected chi connectivity index (χ0v) is 10.4. The Hall–Kier alpha value is -1.22. The molecule has 3 nitrogen and oxygen atoms in total. The third kappa shape index (κ3) is 2.12. The van der Waals surface area contributed by atoms with Gasteiger partial charge in [-0.15, -0.1) is 0 Å². The highest BCUT2D eigenvalue weighted by Crippen LogP contribution is 2.30. The van der Waals surface area contributed by atoms with Crippen molar-refractivity contribution < 1.29 is 0 Å². The van der Waals surface area contributed by atoms with Gasteiger partial charge in [0.15, 0.2) is 0 Å². The first kappa shape index (κ1) is 10.9. The van der Waals surface area contributed by atoms with E-state index < -0.39 is 0 Å². The number of benzene rings is 1. The Morgan fingerprint density at radius 2 is 2.06 bits per heavy atom. The van der Waals surface area contributed by atoms with Gasteiger partial charge in [-0.05, 0) is 56.5 Å². The molecule has 3 aliphatic heterocycles. The molecular formula is C14H21N3. The predicted octanol–water partition coefficient (Wildman–Crippen LogP) is 2.08. The molecule has 2 bridgehead atoms. The first-order valence-corrected chi connectivity index (χ1v) is 6.57. The maximum absolute atomic E-state index is 5.95. The molecule has 92 valence electrons. The molecule has 0 aliphatic carbocycles. The number of hydrogen-bond donors (Lipinski definition) is 2. The second-order valence-corrected chi connectivity index (χ2v) is 5.46. The molecule has 3 heterocycles. The summed E-state index contributed by atoms with van der Waals surface area (Å²) < 4.78 is 0. The van der Waals surface area contributed by atoms with E-state index in [1.54, 1.807) is 0 Å². The lowest BCUT2D eigenvalue weighted by atomic mass is 9.84. The van der Waals surface area contributed by atoms with E-state index in [0.717, 1.165) is 17.2 Å². The van der Waals surface area contributed by atoms with Crippen molar-refractivity contribution >= 4 is 11.4 Å². The van der Waals surface area contributed by atoms with E-state index in [-0.39, 0.29) is 0 Å².